The fourth-order valence-corrected chi connectivity index (χ4v) is 3.16. The van der Waals surface area contributed by atoms with Crippen molar-refractivity contribution >= 4 is 11.7 Å². The van der Waals surface area contributed by atoms with Crippen molar-refractivity contribution in [2.75, 3.05) is 11.9 Å². The molecule has 0 aliphatic carbocycles. The summed E-state index contributed by atoms with van der Waals surface area (Å²) in [5, 5.41) is 3.05. The van der Waals surface area contributed by atoms with E-state index < -0.39 is 0 Å². The molecule has 0 radical (unpaired) electrons. The second-order valence-electron chi connectivity index (χ2n) is 6.49. The predicted octanol–water partition coefficient (Wildman–Crippen LogP) is 4.98. The molecule has 1 N–H and O–H groups in total. The lowest BCUT2D eigenvalue weighted by atomic mass is 10.0. The number of carbonyl (C=O) groups excluding carboxylic acids is 1. The lowest BCUT2D eigenvalue weighted by molar-refractivity contribution is 0.207. The highest BCUT2D eigenvalue weighted by atomic mass is 16.2. The van der Waals surface area contributed by atoms with Gasteiger partial charge in [0.15, 0.2) is 0 Å². The van der Waals surface area contributed by atoms with Gasteiger partial charge in [0.25, 0.3) is 0 Å². The Bertz CT molecular complexity index is 706. The fraction of sp³-hybridized carbons (Fsp3) is 0.350. The first-order chi connectivity index (χ1) is 11.0. The lowest BCUT2D eigenvalue weighted by Crippen LogP contribution is -2.34. The molecule has 2 aromatic rings. The van der Waals surface area contributed by atoms with Gasteiger partial charge in [-0.3, -0.25) is 0 Å². The summed E-state index contributed by atoms with van der Waals surface area (Å²) < 4.78 is 0. The van der Waals surface area contributed by atoms with Gasteiger partial charge >= 0.3 is 6.03 Å². The van der Waals surface area contributed by atoms with Gasteiger partial charge in [-0.2, -0.15) is 0 Å². The van der Waals surface area contributed by atoms with Crippen LogP contribution in [0.25, 0.3) is 0 Å². The first-order valence-corrected chi connectivity index (χ1v) is 8.26. The number of carbonyl (C=O) groups is 1. The van der Waals surface area contributed by atoms with Crippen molar-refractivity contribution in [2.45, 2.75) is 39.7 Å². The number of amides is 2. The molecule has 1 heterocycles. The minimum absolute atomic E-state index is 0.00340. The highest BCUT2D eigenvalue weighted by molar-refractivity contribution is 5.90. The molecule has 3 rings (SSSR count). The van der Waals surface area contributed by atoms with E-state index >= 15 is 0 Å². The number of rotatable bonds is 2. The molecule has 0 bridgehead atoms. The molecule has 2 aromatic carbocycles. The monoisotopic (exact) mass is 308 g/mol. The maximum atomic E-state index is 12.7. The second-order valence-corrected chi connectivity index (χ2v) is 6.49. The summed E-state index contributed by atoms with van der Waals surface area (Å²) in [6.07, 6.45) is 2.09. The molecular weight excluding hydrogens is 284 g/mol. The molecule has 3 nitrogen and oxygen atoms in total. The summed E-state index contributed by atoms with van der Waals surface area (Å²) in [6, 6.07) is 14.7. The molecule has 120 valence electrons. The van der Waals surface area contributed by atoms with Crippen molar-refractivity contribution in [3.05, 3.63) is 64.7 Å². The molecule has 1 aliphatic rings. The van der Waals surface area contributed by atoms with Gasteiger partial charge < -0.3 is 10.2 Å². The van der Waals surface area contributed by atoms with Gasteiger partial charge in [0, 0.05) is 12.2 Å². The molecule has 23 heavy (non-hydrogen) atoms. The highest BCUT2D eigenvalue weighted by Crippen LogP contribution is 2.32. The van der Waals surface area contributed by atoms with E-state index in [0.29, 0.717) is 0 Å². The third-order valence-electron chi connectivity index (χ3n) is 4.73. The van der Waals surface area contributed by atoms with Crippen LogP contribution >= 0.6 is 0 Å². The Balaban J connectivity index is 1.75. The zero-order chi connectivity index (χ0) is 16.4. The fourth-order valence-electron chi connectivity index (χ4n) is 3.16. The summed E-state index contributed by atoms with van der Waals surface area (Å²) in [7, 11) is 0. The van der Waals surface area contributed by atoms with Gasteiger partial charge in [-0.25, -0.2) is 4.79 Å². The third-order valence-corrected chi connectivity index (χ3v) is 4.73. The average molecular weight is 308 g/mol. The van der Waals surface area contributed by atoms with Crippen molar-refractivity contribution in [2.24, 2.45) is 0 Å². The Morgan fingerprint density at radius 1 is 1.04 bits per heavy atom. The summed E-state index contributed by atoms with van der Waals surface area (Å²) in [5.41, 5.74) is 5.77. The third kappa shape index (κ3) is 3.39. The molecule has 0 saturated carbocycles. The van der Waals surface area contributed by atoms with Gasteiger partial charge in [0.1, 0.15) is 0 Å². The number of urea groups is 1. The van der Waals surface area contributed by atoms with Crippen LogP contribution in [0.4, 0.5) is 10.5 Å². The van der Waals surface area contributed by atoms with Crippen molar-refractivity contribution in [1.82, 2.24) is 4.90 Å². The largest absolute Gasteiger partial charge is 0.322 e. The number of hydrogen-bond acceptors (Lipinski definition) is 1. The Labute approximate surface area is 138 Å². The van der Waals surface area contributed by atoms with Crippen LogP contribution in [0, 0.1) is 20.8 Å². The van der Waals surface area contributed by atoms with Gasteiger partial charge in [0.2, 0.25) is 0 Å². The Morgan fingerprint density at radius 2 is 1.78 bits per heavy atom. The van der Waals surface area contributed by atoms with Crippen LogP contribution in [-0.4, -0.2) is 17.5 Å². The summed E-state index contributed by atoms with van der Waals surface area (Å²) in [6.45, 7) is 7.04. The average Bonchev–Trinajstić information content (AvgIpc) is 3.01. The van der Waals surface area contributed by atoms with E-state index in [0.717, 1.165) is 25.1 Å². The molecule has 0 spiro atoms. The summed E-state index contributed by atoms with van der Waals surface area (Å²) >= 11 is 0. The van der Waals surface area contributed by atoms with Gasteiger partial charge in [0.05, 0.1) is 6.04 Å². The minimum atomic E-state index is -0.00340. The van der Waals surface area contributed by atoms with Crippen LogP contribution < -0.4 is 5.32 Å². The van der Waals surface area contributed by atoms with Gasteiger partial charge in [-0.05, 0) is 62.4 Å². The van der Waals surface area contributed by atoms with E-state index in [1.54, 1.807) is 0 Å². The number of aryl methyl sites for hydroxylation is 3. The van der Waals surface area contributed by atoms with Crippen LogP contribution in [0.3, 0.4) is 0 Å². The Morgan fingerprint density at radius 3 is 2.48 bits per heavy atom. The van der Waals surface area contributed by atoms with Crippen molar-refractivity contribution in [1.29, 1.82) is 0 Å². The number of benzene rings is 2. The smallest absolute Gasteiger partial charge is 0.317 e. The highest BCUT2D eigenvalue weighted by Gasteiger charge is 2.29. The van der Waals surface area contributed by atoms with Crippen molar-refractivity contribution < 1.29 is 4.79 Å². The quantitative estimate of drug-likeness (QED) is 0.833. The molecule has 2 amide bonds. The second kappa shape index (κ2) is 6.45. The maximum absolute atomic E-state index is 12.7. The van der Waals surface area contributed by atoms with E-state index in [4.69, 9.17) is 0 Å². The van der Waals surface area contributed by atoms with Crippen LogP contribution in [0.5, 0.6) is 0 Å². The van der Waals surface area contributed by atoms with E-state index in [2.05, 4.69) is 50.4 Å². The summed E-state index contributed by atoms with van der Waals surface area (Å²) in [4.78, 5) is 14.6. The van der Waals surface area contributed by atoms with Gasteiger partial charge in [-0.15, -0.1) is 0 Å². The number of nitrogens with one attached hydrogen (secondary N) is 1. The molecule has 1 saturated heterocycles. The zero-order valence-electron chi connectivity index (χ0n) is 14.1. The van der Waals surface area contributed by atoms with Crippen molar-refractivity contribution in [3.63, 3.8) is 0 Å². The molecule has 3 heteroatoms. The van der Waals surface area contributed by atoms with Crippen molar-refractivity contribution in [3.8, 4) is 0 Å². The van der Waals surface area contributed by atoms with E-state index in [1.807, 2.05) is 23.1 Å². The van der Waals surface area contributed by atoms with E-state index in [1.165, 1.54) is 22.3 Å². The number of likely N-dealkylation sites (tertiary alicyclic amines) is 1. The first-order valence-electron chi connectivity index (χ1n) is 8.26. The van der Waals surface area contributed by atoms with Gasteiger partial charge in [-0.1, -0.05) is 35.9 Å². The van der Waals surface area contributed by atoms with E-state index in [9.17, 15) is 4.79 Å². The molecule has 1 unspecified atom stereocenters. The first kappa shape index (κ1) is 15.6. The summed E-state index contributed by atoms with van der Waals surface area (Å²) in [5.74, 6) is 0. The molecule has 1 aliphatic heterocycles. The Hall–Kier alpha value is -2.29. The SMILES string of the molecule is Cc1ccc(C2CCCN2C(=O)Nc2ccc(C)c(C)c2)cc1. The van der Waals surface area contributed by atoms with Crippen LogP contribution in [-0.2, 0) is 0 Å². The number of nitrogens with zero attached hydrogens (tertiary/aromatic N) is 1. The van der Waals surface area contributed by atoms with Crippen LogP contribution in [0.2, 0.25) is 0 Å². The minimum Gasteiger partial charge on any atom is -0.317 e. The number of anilines is 1. The normalized spacial score (nSPS) is 17.3. The molecule has 1 fully saturated rings. The van der Waals surface area contributed by atoms with E-state index in [-0.39, 0.29) is 12.1 Å². The van der Waals surface area contributed by atoms with Crippen LogP contribution in [0.15, 0.2) is 42.5 Å². The molecule has 1 atom stereocenters. The standard InChI is InChI=1S/C20H24N2O/c1-14-6-9-17(10-7-14)19-5-4-12-22(19)20(23)21-18-11-8-15(2)16(3)13-18/h6-11,13,19H,4-5,12H2,1-3H3,(H,21,23). The topological polar surface area (TPSA) is 32.3 Å². The Kier molecular flexibility index (Phi) is 4.37. The maximum Gasteiger partial charge on any atom is 0.322 e. The molecular formula is C20H24N2O. The zero-order valence-corrected chi connectivity index (χ0v) is 14.1. The predicted molar refractivity (Wildman–Crippen MR) is 94.8 cm³/mol. The lowest BCUT2D eigenvalue weighted by Gasteiger charge is -2.25. The van der Waals surface area contributed by atoms with Crippen LogP contribution in [0.1, 0.15) is 41.1 Å². The number of hydrogen-bond donors (Lipinski definition) is 1. The molecule has 0 aromatic heterocycles.